The van der Waals surface area contributed by atoms with Gasteiger partial charge < -0.3 is 16.0 Å². The van der Waals surface area contributed by atoms with E-state index in [1.54, 1.807) is 4.90 Å². The molecule has 8 heteroatoms. The molecule has 0 aromatic carbocycles. The number of hydrogen-bond donors (Lipinski definition) is 2. The number of nitrogens with two attached hydrogens (primary N) is 1. The molecule has 0 fully saturated rings. The summed E-state index contributed by atoms with van der Waals surface area (Å²) in [5.41, 5.74) is 5.17. The molecule has 1 rings (SSSR count). The van der Waals surface area contributed by atoms with E-state index in [1.165, 1.54) is 12.1 Å². The first-order valence-electron chi connectivity index (χ1n) is 6.91. The zero-order valence-corrected chi connectivity index (χ0v) is 12.3. The number of hydrogen-bond acceptors (Lipinski definition) is 6. The Morgan fingerprint density at radius 2 is 2.19 bits per heavy atom. The lowest BCUT2D eigenvalue weighted by Gasteiger charge is -2.22. The highest BCUT2D eigenvalue weighted by Gasteiger charge is 2.17. The fourth-order valence-corrected chi connectivity index (χ4v) is 1.85. The van der Waals surface area contributed by atoms with Crippen molar-refractivity contribution in [2.24, 2.45) is 5.73 Å². The Bertz CT molecular complexity index is 507. The normalized spacial score (nSPS) is 10.2. The van der Waals surface area contributed by atoms with Crippen LogP contribution in [0, 0.1) is 10.1 Å². The van der Waals surface area contributed by atoms with Gasteiger partial charge in [-0.05, 0) is 13.3 Å². The van der Waals surface area contributed by atoms with Crippen LogP contribution in [0.25, 0.3) is 0 Å². The predicted octanol–water partition coefficient (Wildman–Crippen LogP) is 1.51. The van der Waals surface area contributed by atoms with E-state index in [4.69, 9.17) is 5.73 Å². The van der Waals surface area contributed by atoms with Crippen LogP contribution in [0.15, 0.2) is 12.1 Å². The van der Waals surface area contributed by atoms with Gasteiger partial charge in [0.25, 0.3) is 5.69 Å². The van der Waals surface area contributed by atoms with E-state index in [0.717, 1.165) is 12.8 Å². The van der Waals surface area contributed by atoms with Gasteiger partial charge in [-0.2, -0.15) is 0 Å². The van der Waals surface area contributed by atoms with Crippen LogP contribution in [0.4, 0.5) is 17.3 Å². The van der Waals surface area contributed by atoms with Crippen molar-refractivity contribution in [3.63, 3.8) is 0 Å². The molecule has 0 atom stereocenters. The molecular formula is C13H21N5O3. The highest BCUT2D eigenvalue weighted by molar-refractivity contribution is 5.79. The molecule has 0 aliphatic heterocycles. The summed E-state index contributed by atoms with van der Waals surface area (Å²) in [5.74, 6) is 0.296. The third-order valence-corrected chi connectivity index (χ3v) is 2.82. The van der Waals surface area contributed by atoms with Crippen LogP contribution in [0.1, 0.15) is 26.7 Å². The second-order valence-electron chi connectivity index (χ2n) is 4.60. The molecule has 0 saturated carbocycles. The van der Waals surface area contributed by atoms with Crippen molar-refractivity contribution in [1.82, 2.24) is 4.98 Å². The van der Waals surface area contributed by atoms with E-state index in [1.807, 2.05) is 13.8 Å². The first-order chi connectivity index (χ1) is 9.97. The summed E-state index contributed by atoms with van der Waals surface area (Å²) in [6, 6.07) is 2.73. The maximum atomic E-state index is 11.2. The monoisotopic (exact) mass is 295 g/mol. The number of nitrogens with one attached hydrogen (secondary N) is 1. The van der Waals surface area contributed by atoms with Gasteiger partial charge in [0.05, 0.1) is 23.6 Å². The Morgan fingerprint density at radius 3 is 2.71 bits per heavy atom. The molecule has 0 saturated heterocycles. The van der Waals surface area contributed by atoms with Crippen molar-refractivity contribution in [3.05, 3.63) is 22.2 Å². The molecule has 1 aromatic heterocycles. The number of anilines is 2. The Kier molecular flexibility index (Phi) is 6.38. The van der Waals surface area contributed by atoms with E-state index in [2.05, 4.69) is 10.3 Å². The topological polar surface area (TPSA) is 114 Å². The van der Waals surface area contributed by atoms with Crippen LogP contribution < -0.4 is 16.0 Å². The molecule has 0 radical (unpaired) electrons. The summed E-state index contributed by atoms with van der Waals surface area (Å²) in [6.07, 6.45) is 1.78. The first-order valence-corrected chi connectivity index (χ1v) is 6.91. The fourth-order valence-electron chi connectivity index (χ4n) is 1.85. The van der Waals surface area contributed by atoms with Gasteiger partial charge in [-0.3, -0.25) is 14.9 Å². The third kappa shape index (κ3) is 5.25. The molecule has 1 amide bonds. The van der Waals surface area contributed by atoms with Gasteiger partial charge in [0, 0.05) is 13.1 Å². The van der Waals surface area contributed by atoms with Crippen molar-refractivity contribution in [2.75, 3.05) is 29.9 Å². The van der Waals surface area contributed by atoms with Crippen molar-refractivity contribution in [2.45, 2.75) is 26.7 Å². The lowest BCUT2D eigenvalue weighted by atomic mass is 10.3. The molecule has 21 heavy (non-hydrogen) atoms. The quantitative estimate of drug-likeness (QED) is 0.527. The van der Waals surface area contributed by atoms with Crippen LogP contribution in [0.3, 0.4) is 0 Å². The van der Waals surface area contributed by atoms with Crippen LogP contribution in [0.2, 0.25) is 0 Å². The van der Waals surface area contributed by atoms with Gasteiger partial charge >= 0.3 is 0 Å². The average molecular weight is 295 g/mol. The second-order valence-corrected chi connectivity index (χ2v) is 4.60. The molecule has 0 bridgehead atoms. The summed E-state index contributed by atoms with van der Waals surface area (Å²) >= 11 is 0. The molecule has 0 aliphatic carbocycles. The van der Waals surface area contributed by atoms with E-state index >= 15 is 0 Å². The number of rotatable bonds is 9. The smallest absolute Gasteiger partial charge is 0.276 e. The van der Waals surface area contributed by atoms with E-state index in [9.17, 15) is 14.9 Å². The van der Waals surface area contributed by atoms with Crippen molar-refractivity contribution in [1.29, 1.82) is 0 Å². The largest absolute Gasteiger partial charge is 0.370 e. The Morgan fingerprint density at radius 1 is 1.48 bits per heavy atom. The molecule has 1 heterocycles. The van der Waals surface area contributed by atoms with Gasteiger partial charge in [0.2, 0.25) is 5.91 Å². The van der Waals surface area contributed by atoms with Gasteiger partial charge in [-0.1, -0.05) is 13.3 Å². The number of nitro groups is 1. The summed E-state index contributed by atoms with van der Waals surface area (Å²) in [7, 11) is 0. The van der Waals surface area contributed by atoms with E-state index in [0.29, 0.717) is 24.7 Å². The van der Waals surface area contributed by atoms with Crippen LogP contribution >= 0.6 is 0 Å². The second kappa shape index (κ2) is 8.03. The zero-order chi connectivity index (χ0) is 15.8. The zero-order valence-electron chi connectivity index (χ0n) is 12.3. The first kappa shape index (κ1) is 16.7. The maximum Gasteiger partial charge on any atom is 0.276 e. The average Bonchev–Trinajstić information content (AvgIpc) is 2.43. The maximum absolute atomic E-state index is 11.2. The number of primary amides is 1. The highest BCUT2D eigenvalue weighted by atomic mass is 16.6. The number of nitrogens with zero attached hydrogens (tertiary/aromatic N) is 3. The van der Waals surface area contributed by atoms with Gasteiger partial charge in [-0.15, -0.1) is 0 Å². The van der Waals surface area contributed by atoms with E-state index in [-0.39, 0.29) is 12.2 Å². The molecule has 3 N–H and O–H groups in total. The number of carbonyl (C=O) groups excluding carboxylic acids is 1. The number of aromatic nitrogens is 1. The van der Waals surface area contributed by atoms with Gasteiger partial charge in [0.15, 0.2) is 0 Å². The number of carbonyl (C=O) groups is 1. The SMILES string of the molecule is CCCCN(CC(N)=O)c1cc([N+](=O)[O-])cc(NCC)n1. The summed E-state index contributed by atoms with van der Waals surface area (Å²) in [4.78, 5) is 27.7. The number of pyridine rings is 1. The van der Waals surface area contributed by atoms with Gasteiger partial charge in [-0.25, -0.2) is 4.98 Å². The predicted molar refractivity (Wildman–Crippen MR) is 81.4 cm³/mol. The van der Waals surface area contributed by atoms with Crippen LogP contribution in [-0.4, -0.2) is 35.4 Å². The van der Waals surface area contributed by atoms with Crippen LogP contribution in [-0.2, 0) is 4.79 Å². The standard InChI is InChI=1S/C13H21N5O3/c1-3-5-6-17(9-11(14)19)13-8-10(18(20)21)7-12(16-13)15-4-2/h7-8H,3-6,9H2,1-2H3,(H2,14,19)(H,15,16). The molecule has 0 aliphatic rings. The highest BCUT2D eigenvalue weighted by Crippen LogP contribution is 2.23. The van der Waals surface area contributed by atoms with Crippen molar-refractivity contribution in [3.8, 4) is 0 Å². The minimum atomic E-state index is -0.496. The molecule has 8 nitrogen and oxygen atoms in total. The van der Waals surface area contributed by atoms with Crippen LogP contribution in [0.5, 0.6) is 0 Å². The Labute approximate surface area is 123 Å². The fraction of sp³-hybridized carbons (Fsp3) is 0.538. The lowest BCUT2D eigenvalue weighted by Crippen LogP contribution is -2.35. The van der Waals surface area contributed by atoms with Gasteiger partial charge in [0.1, 0.15) is 11.6 Å². The Hall–Kier alpha value is -2.38. The molecule has 116 valence electrons. The molecule has 0 unspecified atom stereocenters. The third-order valence-electron chi connectivity index (χ3n) is 2.82. The molecule has 0 spiro atoms. The van der Waals surface area contributed by atoms with Crippen molar-refractivity contribution >= 4 is 23.2 Å². The summed E-state index contributed by atoms with van der Waals surface area (Å²) < 4.78 is 0. The minimum Gasteiger partial charge on any atom is -0.370 e. The van der Waals surface area contributed by atoms with Crippen molar-refractivity contribution < 1.29 is 9.72 Å². The lowest BCUT2D eigenvalue weighted by molar-refractivity contribution is -0.384. The molecular weight excluding hydrogens is 274 g/mol. The Balaban J connectivity index is 3.14. The summed E-state index contributed by atoms with van der Waals surface area (Å²) in [6.45, 7) is 5.04. The number of unbranched alkanes of at least 4 members (excludes halogenated alkanes) is 1. The minimum absolute atomic E-state index is 0.0142. The van der Waals surface area contributed by atoms with E-state index < -0.39 is 10.8 Å². The molecule has 1 aromatic rings. The summed E-state index contributed by atoms with van der Waals surface area (Å²) in [5, 5.41) is 14.0. The number of amides is 1.